The molecule has 3 N–H and O–H groups in total. The Morgan fingerprint density at radius 2 is 1.91 bits per heavy atom. The Kier molecular flexibility index (Phi) is 6.40. The fraction of sp³-hybridized carbons (Fsp3) is 0.0769. The summed E-state index contributed by atoms with van der Waals surface area (Å²) >= 11 is 0. The molecule has 4 aromatic rings. The SMILES string of the molecule is Cc1cc(NC(=O)/C=C/c2cn(Cc3ccccc3)nc2-c2cccnc2)ccc1C(N)=O. The number of amides is 2. The van der Waals surface area contributed by atoms with Crippen LogP contribution in [0.4, 0.5) is 5.69 Å². The van der Waals surface area contributed by atoms with E-state index >= 15 is 0 Å². The summed E-state index contributed by atoms with van der Waals surface area (Å²) in [6.45, 7) is 2.38. The lowest BCUT2D eigenvalue weighted by Crippen LogP contribution is -2.13. The second kappa shape index (κ2) is 9.74. The van der Waals surface area contributed by atoms with E-state index < -0.39 is 5.91 Å². The van der Waals surface area contributed by atoms with Gasteiger partial charge in [-0.3, -0.25) is 19.3 Å². The lowest BCUT2D eigenvalue weighted by molar-refractivity contribution is -0.111. The smallest absolute Gasteiger partial charge is 0.248 e. The van der Waals surface area contributed by atoms with E-state index in [4.69, 9.17) is 10.8 Å². The molecule has 7 heteroatoms. The number of nitrogens with one attached hydrogen (secondary N) is 1. The Hall–Kier alpha value is -4.52. The molecule has 2 aromatic carbocycles. The van der Waals surface area contributed by atoms with Crippen LogP contribution in [0.1, 0.15) is 27.0 Å². The number of carbonyl (C=O) groups is 2. The fourth-order valence-electron chi connectivity index (χ4n) is 3.50. The first-order valence-corrected chi connectivity index (χ1v) is 10.4. The molecule has 0 atom stereocenters. The van der Waals surface area contributed by atoms with Crippen molar-refractivity contribution < 1.29 is 9.59 Å². The first-order valence-electron chi connectivity index (χ1n) is 10.4. The Morgan fingerprint density at radius 1 is 1.09 bits per heavy atom. The highest BCUT2D eigenvalue weighted by Crippen LogP contribution is 2.23. The molecule has 33 heavy (non-hydrogen) atoms. The molecule has 164 valence electrons. The maximum absolute atomic E-state index is 12.5. The minimum Gasteiger partial charge on any atom is -0.366 e. The summed E-state index contributed by atoms with van der Waals surface area (Å²) in [4.78, 5) is 28.1. The van der Waals surface area contributed by atoms with Crippen molar-refractivity contribution in [2.24, 2.45) is 5.73 Å². The maximum Gasteiger partial charge on any atom is 0.248 e. The van der Waals surface area contributed by atoms with E-state index in [1.54, 1.807) is 43.6 Å². The summed E-state index contributed by atoms with van der Waals surface area (Å²) in [6, 6.07) is 18.8. The van der Waals surface area contributed by atoms with Crippen LogP contribution in [0.15, 0.2) is 85.3 Å². The van der Waals surface area contributed by atoms with Crippen molar-refractivity contribution in [3.8, 4) is 11.3 Å². The second-order valence-electron chi connectivity index (χ2n) is 7.57. The molecule has 0 aliphatic rings. The molecule has 0 spiro atoms. The number of anilines is 1. The number of benzene rings is 2. The van der Waals surface area contributed by atoms with Crippen LogP contribution >= 0.6 is 0 Å². The normalized spacial score (nSPS) is 10.9. The maximum atomic E-state index is 12.5. The minimum absolute atomic E-state index is 0.297. The monoisotopic (exact) mass is 437 g/mol. The highest BCUT2D eigenvalue weighted by Gasteiger charge is 2.11. The average Bonchev–Trinajstić information content (AvgIpc) is 3.21. The van der Waals surface area contributed by atoms with Crippen LogP contribution < -0.4 is 11.1 Å². The summed E-state index contributed by atoms with van der Waals surface area (Å²) in [5.41, 5.74) is 10.6. The topological polar surface area (TPSA) is 103 Å². The number of nitrogens with two attached hydrogens (primary N) is 1. The summed E-state index contributed by atoms with van der Waals surface area (Å²) in [6.07, 6.45) is 8.55. The van der Waals surface area contributed by atoms with Crippen molar-refractivity contribution >= 4 is 23.6 Å². The van der Waals surface area contributed by atoms with Gasteiger partial charge in [0.1, 0.15) is 5.69 Å². The van der Waals surface area contributed by atoms with E-state index in [9.17, 15) is 9.59 Å². The van der Waals surface area contributed by atoms with Crippen LogP contribution in [-0.2, 0) is 11.3 Å². The predicted octanol–water partition coefficient (Wildman–Crippen LogP) is 4.05. The summed E-state index contributed by atoms with van der Waals surface area (Å²) in [7, 11) is 0. The van der Waals surface area contributed by atoms with E-state index in [1.165, 1.54) is 6.08 Å². The van der Waals surface area contributed by atoms with Gasteiger partial charge in [0.2, 0.25) is 11.8 Å². The van der Waals surface area contributed by atoms with Crippen LogP contribution in [0.3, 0.4) is 0 Å². The van der Waals surface area contributed by atoms with Crippen LogP contribution in [0.25, 0.3) is 17.3 Å². The predicted molar refractivity (Wildman–Crippen MR) is 128 cm³/mol. The minimum atomic E-state index is -0.499. The molecule has 2 aromatic heterocycles. The number of hydrogen-bond donors (Lipinski definition) is 2. The zero-order chi connectivity index (χ0) is 23.2. The van der Waals surface area contributed by atoms with Gasteiger partial charge in [-0.15, -0.1) is 0 Å². The van der Waals surface area contributed by atoms with Crippen molar-refractivity contribution in [1.82, 2.24) is 14.8 Å². The standard InChI is InChI=1S/C26H23N5O2/c1-18-14-22(10-11-23(18)26(27)33)29-24(32)12-9-21-17-31(16-19-6-3-2-4-7-19)30-25(21)20-8-5-13-28-15-20/h2-15,17H,16H2,1H3,(H2,27,33)(H,29,32)/b12-9+. The van der Waals surface area contributed by atoms with Crippen LogP contribution in [-0.4, -0.2) is 26.6 Å². The number of rotatable bonds is 7. The van der Waals surface area contributed by atoms with Crippen LogP contribution in [0.5, 0.6) is 0 Å². The lowest BCUT2D eigenvalue weighted by Gasteiger charge is -2.06. The van der Waals surface area contributed by atoms with Gasteiger partial charge in [-0.05, 0) is 54.5 Å². The van der Waals surface area contributed by atoms with Gasteiger partial charge < -0.3 is 11.1 Å². The molecule has 0 bridgehead atoms. The van der Waals surface area contributed by atoms with E-state index in [2.05, 4.69) is 10.3 Å². The molecule has 0 radical (unpaired) electrons. The average molecular weight is 438 g/mol. The summed E-state index contributed by atoms with van der Waals surface area (Å²) in [5, 5.41) is 7.53. The number of carbonyl (C=O) groups excluding carboxylic acids is 2. The lowest BCUT2D eigenvalue weighted by atomic mass is 10.1. The molecule has 2 amide bonds. The number of hydrogen-bond acceptors (Lipinski definition) is 4. The molecule has 0 saturated heterocycles. The highest BCUT2D eigenvalue weighted by molar-refractivity contribution is 6.03. The molecule has 0 aliphatic carbocycles. The molecule has 2 heterocycles. The number of aromatic nitrogens is 3. The van der Waals surface area contributed by atoms with Gasteiger partial charge in [-0.25, -0.2) is 0 Å². The summed E-state index contributed by atoms with van der Waals surface area (Å²) in [5.74, 6) is -0.796. The third-order valence-electron chi connectivity index (χ3n) is 5.09. The molecule has 0 aliphatic heterocycles. The van der Waals surface area contributed by atoms with Gasteiger partial charge in [-0.2, -0.15) is 5.10 Å². The Balaban J connectivity index is 1.56. The van der Waals surface area contributed by atoms with E-state index in [0.29, 0.717) is 23.4 Å². The largest absolute Gasteiger partial charge is 0.366 e. The number of aryl methyl sites for hydroxylation is 1. The van der Waals surface area contributed by atoms with Gasteiger partial charge in [0.25, 0.3) is 0 Å². The fourth-order valence-corrected chi connectivity index (χ4v) is 3.50. The van der Waals surface area contributed by atoms with Gasteiger partial charge in [0.15, 0.2) is 0 Å². The third kappa shape index (κ3) is 5.40. The van der Waals surface area contributed by atoms with Crippen molar-refractivity contribution in [2.45, 2.75) is 13.5 Å². The van der Waals surface area contributed by atoms with Crippen LogP contribution in [0.2, 0.25) is 0 Å². The molecular weight excluding hydrogens is 414 g/mol. The molecule has 0 saturated carbocycles. The molecule has 0 fully saturated rings. The van der Waals surface area contributed by atoms with Crippen LogP contribution in [0, 0.1) is 6.92 Å². The first-order chi connectivity index (χ1) is 16.0. The summed E-state index contributed by atoms with van der Waals surface area (Å²) < 4.78 is 1.85. The Morgan fingerprint density at radius 3 is 2.61 bits per heavy atom. The van der Waals surface area contributed by atoms with Crippen molar-refractivity contribution in [3.05, 3.63) is 108 Å². The number of primary amides is 1. The van der Waals surface area contributed by atoms with E-state index in [-0.39, 0.29) is 5.91 Å². The first kappa shape index (κ1) is 21.7. The number of nitrogens with zero attached hydrogens (tertiary/aromatic N) is 3. The second-order valence-corrected chi connectivity index (χ2v) is 7.57. The van der Waals surface area contributed by atoms with E-state index in [0.717, 1.165) is 22.4 Å². The van der Waals surface area contributed by atoms with Crippen molar-refractivity contribution in [1.29, 1.82) is 0 Å². The van der Waals surface area contributed by atoms with Crippen molar-refractivity contribution in [3.63, 3.8) is 0 Å². The Bertz CT molecular complexity index is 1310. The van der Waals surface area contributed by atoms with Crippen molar-refractivity contribution in [2.75, 3.05) is 5.32 Å². The third-order valence-corrected chi connectivity index (χ3v) is 5.09. The van der Waals surface area contributed by atoms with Gasteiger partial charge in [0.05, 0.1) is 6.54 Å². The molecular formula is C26H23N5O2. The van der Waals surface area contributed by atoms with Gasteiger partial charge >= 0.3 is 0 Å². The van der Waals surface area contributed by atoms with Gasteiger partial charge in [-0.1, -0.05) is 30.3 Å². The molecule has 7 nitrogen and oxygen atoms in total. The van der Waals surface area contributed by atoms with E-state index in [1.807, 2.05) is 53.3 Å². The Labute approximate surface area is 191 Å². The quantitative estimate of drug-likeness (QED) is 0.426. The molecule has 0 unspecified atom stereocenters. The number of pyridine rings is 1. The highest BCUT2D eigenvalue weighted by atomic mass is 16.1. The zero-order valence-corrected chi connectivity index (χ0v) is 18.1. The van der Waals surface area contributed by atoms with Gasteiger partial charge in [0, 0.05) is 47.0 Å². The molecule has 4 rings (SSSR count). The zero-order valence-electron chi connectivity index (χ0n) is 18.1.